The van der Waals surface area contributed by atoms with E-state index in [1.165, 1.54) is 75.8 Å². The van der Waals surface area contributed by atoms with Crippen molar-refractivity contribution in [2.75, 3.05) is 0 Å². The molecule has 0 bridgehead atoms. The molecule has 2 heteroatoms. The predicted molar refractivity (Wildman–Crippen MR) is 229 cm³/mol. The first-order valence-corrected chi connectivity index (χ1v) is 18.5. The van der Waals surface area contributed by atoms with Gasteiger partial charge in [0, 0.05) is 16.7 Å². The molecule has 250 valence electrons. The third kappa shape index (κ3) is 4.88. The third-order valence-corrected chi connectivity index (χ3v) is 11.0. The van der Waals surface area contributed by atoms with E-state index in [4.69, 9.17) is 9.97 Å². The van der Waals surface area contributed by atoms with Gasteiger partial charge in [-0.2, -0.15) is 0 Å². The predicted octanol–water partition coefficient (Wildman–Crippen LogP) is 14.1. The summed E-state index contributed by atoms with van der Waals surface area (Å²) in [6.07, 6.45) is 0. The second-order valence-corrected chi connectivity index (χ2v) is 14.1. The first kappa shape index (κ1) is 30.5. The van der Waals surface area contributed by atoms with Crippen molar-refractivity contribution < 1.29 is 0 Å². The second-order valence-electron chi connectivity index (χ2n) is 14.1. The lowest BCUT2D eigenvalue weighted by molar-refractivity contribution is 1.19. The van der Waals surface area contributed by atoms with Crippen molar-refractivity contribution in [1.82, 2.24) is 9.97 Å². The zero-order chi connectivity index (χ0) is 35.6. The molecule has 0 atom stereocenters. The van der Waals surface area contributed by atoms with Crippen molar-refractivity contribution in [2.24, 2.45) is 0 Å². The largest absolute Gasteiger partial charge is 0.228 e. The van der Waals surface area contributed by atoms with Gasteiger partial charge in [-0.1, -0.05) is 176 Å². The highest BCUT2D eigenvalue weighted by Gasteiger charge is 2.18. The fraction of sp³-hybridized carbons (Fsp3) is 0. The maximum atomic E-state index is 5.41. The summed E-state index contributed by atoms with van der Waals surface area (Å²) in [7, 11) is 0. The Morgan fingerprint density at radius 2 is 0.704 bits per heavy atom. The Hall–Kier alpha value is -7.16. The first-order chi connectivity index (χ1) is 26.8. The molecule has 0 radical (unpaired) electrons. The Labute approximate surface area is 312 Å². The van der Waals surface area contributed by atoms with Crippen LogP contribution in [0.5, 0.6) is 0 Å². The minimum Gasteiger partial charge on any atom is -0.228 e. The lowest BCUT2D eigenvalue weighted by Crippen LogP contribution is -1.97. The lowest BCUT2D eigenvalue weighted by atomic mass is 9.89. The second kappa shape index (κ2) is 12.2. The number of benzene rings is 10. The Kier molecular flexibility index (Phi) is 6.90. The molecule has 11 aromatic rings. The van der Waals surface area contributed by atoms with Crippen LogP contribution in [0.1, 0.15) is 0 Å². The lowest BCUT2D eigenvalue weighted by Gasteiger charge is -2.16. The molecule has 2 nitrogen and oxygen atoms in total. The summed E-state index contributed by atoms with van der Waals surface area (Å²) in [5, 5.41) is 14.8. The number of fused-ring (bicyclic) bond motifs is 8. The van der Waals surface area contributed by atoms with Crippen molar-refractivity contribution in [3.8, 4) is 45.0 Å². The Morgan fingerprint density at radius 3 is 1.31 bits per heavy atom. The molecular formula is C52H32N2. The summed E-state index contributed by atoms with van der Waals surface area (Å²) in [4.78, 5) is 10.6. The monoisotopic (exact) mass is 684 g/mol. The van der Waals surface area contributed by atoms with E-state index in [-0.39, 0.29) is 0 Å². The summed E-state index contributed by atoms with van der Waals surface area (Å²) in [5.74, 6) is 0.702. The number of hydrogen-bond acceptors (Lipinski definition) is 2. The molecule has 0 aliphatic carbocycles. The summed E-state index contributed by atoms with van der Waals surface area (Å²) >= 11 is 0. The minimum atomic E-state index is 0.702. The molecular weight excluding hydrogens is 653 g/mol. The van der Waals surface area contributed by atoms with Gasteiger partial charge in [0.1, 0.15) is 0 Å². The maximum Gasteiger partial charge on any atom is 0.160 e. The van der Waals surface area contributed by atoms with E-state index in [1.54, 1.807) is 0 Å². The molecule has 54 heavy (non-hydrogen) atoms. The van der Waals surface area contributed by atoms with Gasteiger partial charge in [0.2, 0.25) is 0 Å². The fourth-order valence-corrected chi connectivity index (χ4v) is 8.47. The highest BCUT2D eigenvalue weighted by molar-refractivity contribution is 6.21. The molecule has 10 aromatic carbocycles. The van der Waals surface area contributed by atoms with Crippen LogP contribution in [0.3, 0.4) is 0 Å². The van der Waals surface area contributed by atoms with Gasteiger partial charge in [0.15, 0.2) is 5.82 Å². The Bertz CT molecular complexity index is 3250. The normalized spacial score (nSPS) is 11.7. The van der Waals surface area contributed by atoms with E-state index >= 15 is 0 Å². The van der Waals surface area contributed by atoms with Gasteiger partial charge < -0.3 is 0 Å². The highest BCUT2D eigenvalue weighted by atomic mass is 14.9. The van der Waals surface area contributed by atoms with Crippen LogP contribution in [0.15, 0.2) is 194 Å². The molecule has 0 saturated heterocycles. The number of rotatable bonds is 4. The average Bonchev–Trinajstić information content (AvgIpc) is 3.25. The van der Waals surface area contributed by atoms with Gasteiger partial charge in [0.05, 0.1) is 11.4 Å². The molecule has 0 aliphatic rings. The van der Waals surface area contributed by atoms with Crippen molar-refractivity contribution in [2.45, 2.75) is 0 Å². The first-order valence-electron chi connectivity index (χ1n) is 18.5. The van der Waals surface area contributed by atoms with Crippen LogP contribution in [0.2, 0.25) is 0 Å². The Balaban J connectivity index is 1.13. The molecule has 11 rings (SSSR count). The van der Waals surface area contributed by atoms with E-state index in [2.05, 4.69) is 188 Å². The Morgan fingerprint density at radius 1 is 0.241 bits per heavy atom. The van der Waals surface area contributed by atoms with Gasteiger partial charge >= 0.3 is 0 Å². The highest BCUT2D eigenvalue weighted by Crippen LogP contribution is 2.42. The van der Waals surface area contributed by atoms with Gasteiger partial charge in [0.25, 0.3) is 0 Å². The number of aromatic nitrogens is 2. The number of hydrogen-bond donors (Lipinski definition) is 0. The topological polar surface area (TPSA) is 25.8 Å². The van der Waals surface area contributed by atoms with Crippen LogP contribution in [0.4, 0.5) is 0 Å². The van der Waals surface area contributed by atoms with Gasteiger partial charge in [-0.25, -0.2) is 9.97 Å². The SMILES string of the molecule is c1ccc(-c2cc(-c3c4ccccc4cc4c3ccc3ccccc34)nc(-c3ccc(-c4c5ccccc5cc5c4ccc4ccccc45)cc3)n2)cc1. The molecule has 1 heterocycles. The van der Waals surface area contributed by atoms with Crippen molar-refractivity contribution >= 4 is 64.6 Å². The molecule has 0 aliphatic heterocycles. The zero-order valence-electron chi connectivity index (χ0n) is 29.4. The molecule has 0 spiro atoms. The summed E-state index contributed by atoms with van der Waals surface area (Å²) < 4.78 is 0. The summed E-state index contributed by atoms with van der Waals surface area (Å²) in [6.45, 7) is 0. The summed E-state index contributed by atoms with van der Waals surface area (Å²) in [6, 6.07) is 69.9. The maximum absolute atomic E-state index is 5.41. The molecule has 1 aromatic heterocycles. The molecule has 0 saturated carbocycles. The van der Waals surface area contributed by atoms with Crippen molar-refractivity contribution in [1.29, 1.82) is 0 Å². The van der Waals surface area contributed by atoms with Crippen molar-refractivity contribution in [3.63, 3.8) is 0 Å². The molecule has 0 N–H and O–H groups in total. The van der Waals surface area contributed by atoms with E-state index < -0.39 is 0 Å². The van der Waals surface area contributed by atoms with Crippen LogP contribution >= 0.6 is 0 Å². The van der Waals surface area contributed by atoms with E-state index in [0.29, 0.717) is 5.82 Å². The smallest absolute Gasteiger partial charge is 0.160 e. The van der Waals surface area contributed by atoms with Crippen LogP contribution in [-0.2, 0) is 0 Å². The van der Waals surface area contributed by atoms with Crippen LogP contribution in [0.25, 0.3) is 110 Å². The van der Waals surface area contributed by atoms with Crippen molar-refractivity contribution in [3.05, 3.63) is 194 Å². The fourth-order valence-electron chi connectivity index (χ4n) is 8.47. The van der Waals surface area contributed by atoms with Crippen LogP contribution in [-0.4, -0.2) is 9.97 Å². The summed E-state index contributed by atoms with van der Waals surface area (Å²) in [5.41, 5.74) is 7.38. The molecule has 0 unspecified atom stereocenters. The van der Waals surface area contributed by atoms with Gasteiger partial charge in [-0.05, 0) is 94.0 Å². The standard InChI is InChI=1S/C52H32N2/c1-2-14-35(15-3-1)48-32-49(51-43-21-11-7-17-39(43)31-47-41-19-9-5-13-34(41)27-29-45(47)51)54-52(53-48)37-24-22-36(23-25-37)50-42-20-10-6-16-38(42)30-46-40-18-8-4-12-33(40)26-28-44(46)50/h1-32H. The quantitative estimate of drug-likeness (QED) is 0.136. The van der Waals surface area contributed by atoms with Crippen LogP contribution < -0.4 is 0 Å². The van der Waals surface area contributed by atoms with Gasteiger partial charge in [-0.15, -0.1) is 0 Å². The van der Waals surface area contributed by atoms with E-state index in [0.717, 1.165) is 28.1 Å². The minimum absolute atomic E-state index is 0.702. The number of nitrogens with zero attached hydrogens (tertiary/aromatic N) is 2. The van der Waals surface area contributed by atoms with Crippen LogP contribution in [0, 0.1) is 0 Å². The van der Waals surface area contributed by atoms with Gasteiger partial charge in [-0.3, -0.25) is 0 Å². The third-order valence-electron chi connectivity index (χ3n) is 11.0. The van der Waals surface area contributed by atoms with E-state index in [9.17, 15) is 0 Å². The molecule has 0 amide bonds. The average molecular weight is 685 g/mol. The molecule has 0 fully saturated rings. The zero-order valence-corrected chi connectivity index (χ0v) is 29.4. The van der Waals surface area contributed by atoms with E-state index in [1.807, 2.05) is 6.07 Å².